The highest BCUT2D eigenvalue weighted by atomic mass is 35.5. The number of likely N-dealkylation sites (N-methyl/N-ethyl adjacent to an activating group) is 1. The Kier molecular flexibility index (Phi) is 5.08. The van der Waals surface area contributed by atoms with Crippen LogP contribution in [0.25, 0.3) is 0 Å². The molecule has 4 nitrogen and oxygen atoms in total. The van der Waals surface area contributed by atoms with E-state index in [1.807, 2.05) is 7.05 Å². The van der Waals surface area contributed by atoms with Crippen LogP contribution in [0, 0.1) is 0 Å². The minimum atomic E-state index is -0.0507. The Morgan fingerprint density at radius 2 is 2.00 bits per heavy atom. The molecule has 0 aromatic carbocycles. The fourth-order valence-corrected chi connectivity index (χ4v) is 0.897. The van der Waals surface area contributed by atoms with Gasteiger partial charge in [-0.3, -0.25) is 0 Å². The smallest absolute Gasteiger partial charge is 0.232 e. The second-order valence-electron chi connectivity index (χ2n) is 4.12. The van der Waals surface area contributed by atoms with Gasteiger partial charge >= 0.3 is 0 Å². The van der Waals surface area contributed by atoms with E-state index in [0.717, 1.165) is 18.8 Å². The third-order valence-corrected chi connectivity index (χ3v) is 1.71. The van der Waals surface area contributed by atoms with Crippen molar-refractivity contribution < 1.29 is 4.52 Å². The maximum Gasteiger partial charge on any atom is 0.232 e. The standard InChI is InChI=1S/C9H17N3O.ClH/c1-9(2,3)8-11-7(12-13-8)5-6-10-4;/h10H,5-6H2,1-4H3;1H. The van der Waals surface area contributed by atoms with Crippen LogP contribution in [0.5, 0.6) is 0 Å². The zero-order chi connectivity index (χ0) is 9.90. The molecule has 0 spiro atoms. The summed E-state index contributed by atoms with van der Waals surface area (Å²) in [4.78, 5) is 4.30. The highest BCUT2D eigenvalue weighted by Crippen LogP contribution is 2.19. The SMILES string of the molecule is CNCCc1noc(C(C)(C)C)n1.Cl. The maximum absolute atomic E-state index is 5.14. The van der Waals surface area contributed by atoms with E-state index >= 15 is 0 Å². The van der Waals surface area contributed by atoms with Crippen LogP contribution in [0.2, 0.25) is 0 Å². The molecule has 1 N–H and O–H groups in total. The van der Waals surface area contributed by atoms with Gasteiger partial charge < -0.3 is 9.84 Å². The van der Waals surface area contributed by atoms with Crippen molar-refractivity contribution in [3.05, 3.63) is 11.7 Å². The molecule has 0 aliphatic heterocycles. The lowest BCUT2D eigenvalue weighted by Gasteiger charge is -2.10. The summed E-state index contributed by atoms with van der Waals surface area (Å²) in [5.41, 5.74) is -0.0507. The van der Waals surface area contributed by atoms with Crippen LogP contribution >= 0.6 is 12.4 Å². The topological polar surface area (TPSA) is 51.0 Å². The molecule has 0 radical (unpaired) electrons. The van der Waals surface area contributed by atoms with Gasteiger partial charge in [-0.05, 0) is 7.05 Å². The monoisotopic (exact) mass is 219 g/mol. The van der Waals surface area contributed by atoms with Crippen LogP contribution in [-0.2, 0) is 11.8 Å². The van der Waals surface area contributed by atoms with Gasteiger partial charge in [-0.25, -0.2) is 0 Å². The third kappa shape index (κ3) is 3.64. The van der Waals surface area contributed by atoms with Crippen LogP contribution in [0.15, 0.2) is 4.52 Å². The van der Waals surface area contributed by atoms with Gasteiger partial charge in [-0.1, -0.05) is 25.9 Å². The van der Waals surface area contributed by atoms with Gasteiger partial charge in [-0.2, -0.15) is 4.98 Å². The number of hydrogen-bond acceptors (Lipinski definition) is 4. The molecule has 0 amide bonds. The van der Waals surface area contributed by atoms with Gasteiger partial charge in [0.2, 0.25) is 5.89 Å². The molecule has 1 aromatic heterocycles. The van der Waals surface area contributed by atoms with Gasteiger partial charge in [-0.15, -0.1) is 12.4 Å². The molecule has 0 aliphatic rings. The fraction of sp³-hybridized carbons (Fsp3) is 0.778. The number of aromatic nitrogens is 2. The molecule has 5 heteroatoms. The molecular formula is C9H18ClN3O. The lowest BCUT2D eigenvalue weighted by atomic mass is 9.97. The molecule has 0 fully saturated rings. The lowest BCUT2D eigenvalue weighted by molar-refractivity contribution is 0.318. The summed E-state index contributed by atoms with van der Waals surface area (Å²) in [7, 11) is 1.91. The van der Waals surface area contributed by atoms with Crippen LogP contribution in [0.3, 0.4) is 0 Å². The molecule has 1 rings (SSSR count). The molecule has 1 heterocycles. The van der Waals surface area contributed by atoms with Gasteiger partial charge in [0.15, 0.2) is 5.82 Å². The molecule has 0 saturated heterocycles. The van der Waals surface area contributed by atoms with Crippen molar-refractivity contribution in [2.24, 2.45) is 0 Å². The Balaban J connectivity index is 0.00000169. The van der Waals surface area contributed by atoms with E-state index in [4.69, 9.17) is 4.52 Å². The Bertz CT molecular complexity index is 267. The van der Waals surface area contributed by atoms with Crippen molar-refractivity contribution in [2.45, 2.75) is 32.6 Å². The van der Waals surface area contributed by atoms with E-state index in [9.17, 15) is 0 Å². The second-order valence-corrected chi connectivity index (χ2v) is 4.12. The molecule has 0 aliphatic carbocycles. The van der Waals surface area contributed by atoms with Crippen molar-refractivity contribution in [3.63, 3.8) is 0 Å². The minimum absolute atomic E-state index is 0. The quantitative estimate of drug-likeness (QED) is 0.838. The molecule has 0 saturated carbocycles. The van der Waals surface area contributed by atoms with E-state index < -0.39 is 0 Å². The Morgan fingerprint density at radius 1 is 1.36 bits per heavy atom. The first-order chi connectivity index (χ1) is 6.04. The summed E-state index contributed by atoms with van der Waals surface area (Å²) in [5, 5.41) is 6.94. The van der Waals surface area contributed by atoms with Crippen LogP contribution in [0.1, 0.15) is 32.5 Å². The molecule has 0 unspecified atom stereocenters. The zero-order valence-corrected chi connectivity index (χ0v) is 9.94. The summed E-state index contributed by atoms with van der Waals surface area (Å²) in [6, 6.07) is 0. The van der Waals surface area contributed by atoms with E-state index in [0.29, 0.717) is 5.89 Å². The van der Waals surface area contributed by atoms with Crippen molar-refractivity contribution >= 4 is 12.4 Å². The normalized spacial score (nSPS) is 11.1. The number of nitrogens with one attached hydrogen (secondary N) is 1. The summed E-state index contributed by atoms with van der Waals surface area (Å²) in [5.74, 6) is 1.48. The molecule has 1 aromatic rings. The predicted octanol–water partition coefficient (Wildman–Crippen LogP) is 1.55. The fourth-order valence-electron chi connectivity index (χ4n) is 0.897. The number of nitrogens with zero attached hydrogens (tertiary/aromatic N) is 2. The van der Waals surface area contributed by atoms with Crippen molar-refractivity contribution in [3.8, 4) is 0 Å². The molecule has 14 heavy (non-hydrogen) atoms. The largest absolute Gasteiger partial charge is 0.339 e. The summed E-state index contributed by atoms with van der Waals surface area (Å²) in [6.07, 6.45) is 0.816. The third-order valence-electron chi connectivity index (χ3n) is 1.71. The van der Waals surface area contributed by atoms with Crippen molar-refractivity contribution in [1.82, 2.24) is 15.5 Å². The average molecular weight is 220 g/mol. The van der Waals surface area contributed by atoms with Crippen molar-refractivity contribution in [1.29, 1.82) is 0 Å². The van der Waals surface area contributed by atoms with Crippen LogP contribution in [-0.4, -0.2) is 23.7 Å². The molecule has 0 atom stereocenters. The molecule has 82 valence electrons. The number of rotatable bonds is 3. The lowest BCUT2D eigenvalue weighted by Crippen LogP contribution is -2.13. The second kappa shape index (κ2) is 5.32. The van der Waals surface area contributed by atoms with Gasteiger partial charge in [0.25, 0.3) is 0 Å². The van der Waals surface area contributed by atoms with E-state index in [1.54, 1.807) is 0 Å². The zero-order valence-electron chi connectivity index (χ0n) is 9.13. The first kappa shape index (κ1) is 13.4. The minimum Gasteiger partial charge on any atom is -0.339 e. The van der Waals surface area contributed by atoms with Crippen LogP contribution in [0.4, 0.5) is 0 Å². The number of hydrogen-bond donors (Lipinski definition) is 1. The van der Waals surface area contributed by atoms with Crippen LogP contribution < -0.4 is 5.32 Å². The summed E-state index contributed by atoms with van der Waals surface area (Å²) < 4.78 is 5.14. The predicted molar refractivity (Wildman–Crippen MR) is 57.9 cm³/mol. The Morgan fingerprint density at radius 3 is 2.43 bits per heavy atom. The summed E-state index contributed by atoms with van der Waals surface area (Å²) in [6.45, 7) is 7.05. The average Bonchev–Trinajstić information content (AvgIpc) is 2.47. The van der Waals surface area contributed by atoms with Gasteiger partial charge in [0.1, 0.15) is 0 Å². The highest BCUT2D eigenvalue weighted by Gasteiger charge is 2.21. The Labute approximate surface area is 90.9 Å². The van der Waals surface area contributed by atoms with E-state index in [1.165, 1.54) is 0 Å². The van der Waals surface area contributed by atoms with E-state index in [-0.39, 0.29) is 17.8 Å². The van der Waals surface area contributed by atoms with Gasteiger partial charge in [0.05, 0.1) is 0 Å². The van der Waals surface area contributed by atoms with Crippen molar-refractivity contribution in [2.75, 3.05) is 13.6 Å². The van der Waals surface area contributed by atoms with Gasteiger partial charge in [0, 0.05) is 18.4 Å². The Hall–Kier alpha value is -0.610. The molecule has 0 bridgehead atoms. The first-order valence-corrected chi connectivity index (χ1v) is 4.51. The van der Waals surface area contributed by atoms with E-state index in [2.05, 4.69) is 36.2 Å². The summed E-state index contributed by atoms with van der Waals surface area (Å²) >= 11 is 0. The highest BCUT2D eigenvalue weighted by molar-refractivity contribution is 5.85. The first-order valence-electron chi connectivity index (χ1n) is 4.51. The molecular weight excluding hydrogens is 202 g/mol. The number of halogens is 1. The maximum atomic E-state index is 5.14.